The second-order valence-corrected chi connectivity index (χ2v) is 15.4. The average Bonchev–Trinajstić information content (AvgIpc) is 2.97. The minimum atomic E-state index is -4.10. The van der Waals surface area contributed by atoms with Gasteiger partial charge in [0, 0.05) is 41.8 Å². The molecule has 1 N–H and O–H groups in total. The van der Waals surface area contributed by atoms with Gasteiger partial charge in [0.2, 0.25) is 20.0 Å². The van der Waals surface area contributed by atoms with Crippen LogP contribution >= 0.6 is 0 Å². The first-order valence-electron chi connectivity index (χ1n) is 14.2. The van der Waals surface area contributed by atoms with Crippen molar-refractivity contribution in [1.29, 1.82) is 0 Å². The molecule has 0 bridgehead atoms. The molecule has 0 spiro atoms. The number of amides is 2. The van der Waals surface area contributed by atoms with Crippen molar-refractivity contribution in [2.45, 2.75) is 32.8 Å². The number of ether oxygens (including phenoxy) is 1. The lowest BCUT2D eigenvalue weighted by Crippen LogP contribution is -2.38. The maximum Gasteiger partial charge on any atom is 0.414 e. The first kappa shape index (κ1) is 34.1. The van der Waals surface area contributed by atoms with E-state index in [1.807, 2.05) is 18.2 Å². The fourth-order valence-electron chi connectivity index (χ4n) is 4.66. The second kappa shape index (κ2) is 13.7. The SMILES string of the molecule is CC(C)(C)OC(=O)N(CCc1ccccn1)c1ccc(NC(=O)c2ccccc2-c2ccc(N(S(C)(=O)=O)S(C)(=O)=O)cc2)cc1. The number of carbonyl (C=O) groups excluding carboxylic acids is 2. The van der Waals surface area contributed by atoms with Gasteiger partial charge in [-0.25, -0.2) is 21.6 Å². The maximum absolute atomic E-state index is 13.4. The Bertz CT molecular complexity index is 1880. The highest BCUT2D eigenvalue weighted by Gasteiger charge is 2.27. The number of benzene rings is 3. The van der Waals surface area contributed by atoms with Gasteiger partial charge in [0.25, 0.3) is 5.91 Å². The molecule has 0 atom stereocenters. The number of aromatic nitrogens is 1. The predicted octanol–water partition coefficient (Wildman–Crippen LogP) is 5.71. The number of hydrogen-bond donors (Lipinski definition) is 1. The summed E-state index contributed by atoms with van der Waals surface area (Å²) in [7, 11) is -8.19. The Morgan fingerprint density at radius 3 is 1.93 bits per heavy atom. The Balaban J connectivity index is 1.55. The van der Waals surface area contributed by atoms with Crippen molar-refractivity contribution in [3.8, 4) is 11.1 Å². The molecule has 46 heavy (non-hydrogen) atoms. The van der Waals surface area contributed by atoms with E-state index in [1.54, 1.807) is 87.6 Å². The number of nitrogens with one attached hydrogen (secondary N) is 1. The number of sulfonamides is 2. The lowest BCUT2D eigenvalue weighted by atomic mass is 9.99. The molecule has 0 fully saturated rings. The summed E-state index contributed by atoms with van der Waals surface area (Å²) in [6.07, 6.45) is 3.33. The highest BCUT2D eigenvalue weighted by Crippen LogP contribution is 2.29. The minimum Gasteiger partial charge on any atom is -0.443 e. The number of anilines is 3. The van der Waals surface area contributed by atoms with Gasteiger partial charge < -0.3 is 10.1 Å². The van der Waals surface area contributed by atoms with Crippen LogP contribution in [-0.4, -0.2) is 58.5 Å². The summed E-state index contributed by atoms with van der Waals surface area (Å²) in [5.74, 6) is -0.402. The number of hydrogen-bond acceptors (Lipinski definition) is 8. The summed E-state index contributed by atoms with van der Waals surface area (Å²) >= 11 is 0. The molecule has 0 radical (unpaired) electrons. The van der Waals surface area contributed by atoms with E-state index in [1.165, 1.54) is 17.0 Å². The van der Waals surface area contributed by atoms with Gasteiger partial charge >= 0.3 is 6.09 Å². The monoisotopic (exact) mass is 664 g/mol. The minimum absolute atomic E-state index is 0.0452. The molecule has 4 rings (SSSR count). The quantitative estimate of drug-likeness (QED) is 0.227. The Morgan fingerprint density at radius 1 is 0.783 bits per heavy atom. The van der Waals surface area contributed by atoms with Gasteiger partial charge in [0.15, 0.2) is 0 Å². The van der Waals surface area contributed by atoms with Crippen LogP contribution in [0.15, 0.2) is 97.2 Å². The maximum atomic E-state index is 13.4. The summed E-state index contributed by atoms with van der Waals surface area (Å²) < 4.78 is 54.6. The van der Waals surface area contributed by atoms with Crippen molar-refractivity contribution >= 4 is 49.1 Å². The van der Waals surface area contributed by atoms with Crippen LogP contribution < -0.4 is 13.9 Å². The van der Waals surface area contributed by atoms with Crippen molar-refractivity contribution < 1.29 is 31.2 Å². The van der Waals surface area contributed by atoms with E-state index >= 15 is 0 Å². The van der Waals surface area contributed by atoms with Gasteiger partial charge in [-0.05, 0) is 86.5 Å². The Kier molecular flexibility index (Phi) is 10.2. The molecule has 0 aliphatic carbocycles. The lowest BCUT2D eigenvalue weighted by molar-refractivity contribution is 0.0580. The van der Waals surface area contributed by atoms with Crippen molar-refractivity contribution in [2.24, 2.45) is 0 Å². The largest absolute Gasteiger partial charge is 0.443 e. The van der Waals surface area contributed by atoms with Crippen molar-refractivity contribution in [2.75, 3.05) is 33.0 Å². The van der Waals surface area contributed by atoms with E-state index < -0.39 is 37.6 Å². The van der Waals surface area contributed by atoms with Gasteiger partial charge in [-0.2, -0.15) is 3.71 Å². The van der Waals surface area contributed by atoms with E-state index in [0.717, 1.165) is 18.2 Å². The fraction of sp³-hybridized carbons (Fsp3) is 0.242. The average molecular weight is 665 g/mol. The van der Waals surface area contributed by atoms with Crippen LogP contribution in [0.2, 0.25) is 0 Å². The van der Waals surface area contributed by atoms with Crippen LogP contribution in [0, 0.1) is 0 Å². The molecule has 0 saturated heterocycles. The molecule has 1 heterocycles. The van der Waals surface area contributed by atoms with Crippen LogP contribution in [0.3, 0.4) is 0 Å². The molecule has 0 aliphatic heterocycles. The molecule has 13 heteroatoms. The van der Waals surface area contributed by atoms with Crippen LogP contribution in [0.25, 0.3) is 11.1 Å². The van der Waals surface area contributed by atoms with Crippen molar-refractivity contribution in [3.63, 3.8) is 0 Å². The topological polar surface area (TPSA) is 143 Å². The molecule has 0 saturated carbocycles. The van der Waals surface area contributed by atoms with E-state index in [0.29, 0.717) is 44.7 Å². The van der Waals surface area contributed by atoms with E-state index in [-0.39, 0.29) is 5.69 Å². The van der Waals surface area contributed by atoms with E-state index in [2.05, 4.69) is 10.3 Å². The van der Waals surface area contributed by atoms with Crippen LogP contribution in [0.4, 0.5) is 21.9 Å². The summed E-state index contributed by atoms with van der Waals surface area (Å²) in [5, 5.41) is 2.88. The van der Waals surface area contributed by atoms with Crippen LogP contribution in [-0.2, 0) is 31.2 Å². The standard InChI is InChI=1S/C33H36N4O7S2/c1-33(2,3)44-32(39)36(23-21-25-10-8-9-22-34-25)27-19-15-26(16-20-27)35-31(38)30-12-7-6-11-29(30)24-13-17-28(18-14-24)37(45(4,40)41)46(5,42)43/h6-20,22H,21,23H2,1-5H3,(H,35,38). The predicted molar refractivity (Wildman–Crippen MR) is 180 cm³/mol. The van der Waals surface area contributed by atoms with Crippen LogP contribution in [0.1, 0.15) is 36.8 Å². The summed E-state index contributed by atoms with van der Waals surface area (Å²) in [6, 6.07) is 25.1. The van der Waals surface area contributed by atoms with Gasteiger partial charge in [0.05, 0.1) is 18.2 Å². The zero-order chi connectivity index (χ0) is 33.7. The van der Waals surface area contributed by atoms with Crippen molar-refractivity contribution in [3.05, 3.63) is 108 Å². The molecule has 1 aromatic heterocycles. The Morgan fingerprint density at radius 2 is 1.37 bits per heavy atom. The molecule has 3 aromatic carbocycles. The first-order chi connectivity index (χ1) is 21.5. The normalized spacial score (nSPS) is 11.8. The lowest BCUT2D eigenvalue weighted by Gasteiger charge is -2.27. The van der Waals surface area contributed by atoms with Gasteiger partial charge in [-0.3, -0.25) is 14.7 Å². The number of rotatable bonds is 10. The number of carbonyl (C=O) groups is 2. The van der Waals surface area contributed by atoms with Crippen molar-refractivity contribution in [1.82, 2.24) is 4.98 Å². The third kappa shape index (κ3) is 8.92. The zero-order valence-electron chi connectivity index (χ0n) is 26.2. The van der Waals surface area contributed by atoms with E-state index in [4.69, 9.17) is 4.74 Å². The molecule has 0 unspecified atom stereocenters. The molecular formula is C33H36N4O7S2. The zero-order valence-corrected chi connectivity index (χ0v) is 27.8. The van der Waals surface area contributed by atoms with Gasteiger partial charge in [-0.1, -0.05) is 36.4 Å². The third-order valence-electron chi connectivity index (χ3n) is 6.53. The summed E-state index contributed by atoms with van der Waals surface area (Å²) in [5.41, 5.74) is 2.64. The highest BCUT2D eigenvalue weighted by molar-refractivity contribution is 8.09. The van der Waals surface area contributed by atoms with E-state index in [9.17, 15) is 26.4 Å². The van der Waals surface area contributed by atoms with Gasteiger partial charge in [-0.15, -0.1) is 0 Å². The van der Waals surface area contributed by atoms with Gasteiger partial charge in [0.1, 0.15) is 5.60 Å². The first-order valence-corrected chi connectivity index (χ1v) is 17.9. The smallest absolute Gasteiger partial charge is 0.414 e. The molecule has 11 nitrogen and oxygen atoms in total. The third-order valence-corrected chi connectivity index (χ3v) is 9.78. The molecule has 2 amide bonds. The molecule has 4 aromatic rings. The summed E-state index contributed by atoms with van der Waals surface area (Å²) in [4.78, 5) is 32.4. The number of nitrogens with zero attached hydrogens (tertiary/aromatic N) is 3. The molecule has 0 aliphatic rings. The second-order valence-electron chi connectivity index (χ2n) is 11.5. The van der Waals surface area contributed by atoms with Crippen LogP contribution in [0.5, 0.6) is 0 Å². The summed E-state index contributed by atoms with van der Waals surface area (Å²) in [6.45, 7) is 5.72. The fourth-order valence-corrected chi connectivity index (χ4v) is 7.64. The molecular weight excluding hydrogens is 629 g/mol. The number of pyridine rings is 1. The Labute approximate surface area is 269 Å². The molecule has 242 valence electrons. The highest BCUT2D eigenvalue weighted by atomic mass is 32.3. The Hall–Kier alpha value is -4.75.